The molecular formula is C13H22N4O. The second kappa shape index (κ2) is 5.36. The van der Waals surface area contributed by atoms with Gasteiger partial charge >= 0.3 is 0 Å². The van der Waals surface area contributed by atoms with Gasteiger partial charge in [-0.05, 0) is 51.7 Å². The first-order valence-electron chi connectivity index (χ1n) is 7.03. The molecule has 1 N–H and O–H groups in total. The lowest BCUT2D eigenvalue weighted by Gasteiger charge is -2.26. The van der Waals surface area contributed by atoms with Gasteiger partial charge in [0.1, 0.15) is 0 Å². The van der Waals surface area contributed by atoms with Gasteiger partial charge in [0.05, 0.1) is 6.54 Å². The molecule has 0 amide bonds. The van der Waals surface area contributed by atoms with Crippen LogP contribution in [0.25, 0.3) is 0 Å². The largest absolute Gasteiger partial charge is 0.338 e. The fraction of sp³-hybridized carbons (Fsp3) is 0.846. The summed E-state index contributed by atoms with van der Waals surface area (Å²) in [4.78, 5) is 6.78. The van der Waals surface area contributed by atoms with Crippen LogP contribution in [0, 0.1) is 5.92 Å². The van der Waals surface area contributed by atoms with Crippen LogP contribution < -0.4 is 5.32 Å². The SMILES string of the molecule is CN(Cc1nc(C2CC2)no1)CC1CCNCC1. The molecule has 0 aromatic carbocycles. The Morgan fingerprint density at radius 2 is 2.06 bits per heavy atom. The highest BCUT2D eigenvalue weighted by atomic mass is 16.5. The molecule has 0 bridgehead atoms. The third-order valence-corrected chi connectivity index (χ3v) is 3.86. The monoisotopic (exact) mass is 250 g/mol. The van der Waals surface area contributed by atoms with Gasteiger partial charge in [0.15, 0.2) is 5.82 Å². The molecule has 1 aromatic rings. The molecule has 0 radical (unpaired) electrons. The summed E-state index contributed by atoms with van der Waals surface area (Å²) in [6.07, 6.45) is 5.01. The molecule has 3 rings (SSSR count). The van der Waals surface area contributed by atoms with Gasteiger partial charge < -0.3 is 9.84 Å². The van der Waals surface area contributed by atoms with Gasteiger partial charge in [0.2, 0.25) is 5.89 Å². The zero-order valence-electron chi connectivity index (χ0n) is 11.1. The van der Waals surface area contributed by atoms with Crippen LogP contribution in [0.1, 0.15) is 43.3 Å². The van der Waals surface area contributed by atoms with E-state index in [4.69, 9.17) is 4.52 Å². The fourth-order valence-corrected chi connectivity index (χ4v) is 2.64. The molecule has 1 aliphatic heterocycles. The summed E-state index contributed by atoms with van der Waals surface area (Å²) in [5.41, 5.74) is 0. The normalized spacial score (nSPS) is 21.7. The number of nitrogens with zero attached hydrogens (tertiary/aromatic N) is 3. The van der Waals surface area contributed by atoms with Crippen molar-refractivity contribution in [1.82, 2.24) is 20.4 Å². The quantitative estimate of drug-likeness (QED) is 0.855. The van der Waals surface area contributed by atoms with Crippen molar-refractivity contribution in [3.05, 3.63) is 11.7 Å². The third kappa shape index (κ3) is 3.09. The Morgan fingerprint density at radius 3 is 2.78 bits per heavy atom. The van der Waals surface area contributed by atoms with Crippen LogP contribution in [0.3, 0.4) is 0 Å². The summed E-state index contributed by atoms with van der Waals surface area (Å²) in [7, 11) is 2.14. The molecule has 5 nitrogen and oxygen atoms in total. The number of piperidine rings is 1. The predicted molar refractivity (Wildman–Crippen MR) is 68.2 cm³/mol. The van der Waals surface area contributed by atoms with Gasteiger partial charge in [-0.25, -0.2) is 0 Å². The van der Waals surface area contributed by atoms with Crippen molar-refractivity contribution in [2.75, 3.05) is 26.7 Å². The van der Waals surface area contributed by atoms with E-state index in [1.54, 1.807) is 0 Å². The van der Waals surface area contributed by atoms with Crippen LogP contribution in [0.15, 0.2) is 4.52 Å². The van der Waals surface area contributed by atoms with Gasteiger partial charge in [-0.2, -0.15) is 4.98 Å². The van der Waals surface area contributed by atoms with Crippen LogP contribution in [0.5, 0.6) is 0 Å². The number of hydrogen-bond acceptors (Lipinski definition) is 5. The molecule has 2 fully saturated rings. The van der Waals surface area contributed by atoms with Crippen LogP contribution in [0.2, 0.25) is 0 Å². The van der Waals surface area contributed by atoms with Crippen molar-refractivity contribution in [2.45, 2.75) is 38.1 Å². The minimum Gasteiger partial charge on any atom is -0.338 e. The van der Waals surface area contributed by atoms with Crippen LogP contribution in [0.4, 0.5) is 0 Å². The van der Waals surface area contributed by atoms with E-state index < -0.39 is 0 Å². The number of hydrogen-bond donors (Lipinski definition) is 1. The van der Waals surface area contributed by atoms with E-state index >= 15 is 0 Å². The highest BCUT2D eigenvalue weighted by molar-refractivity contribution is 5.03. The first kappa shape index (κ1) is 12.1. The van der Waals surface area contributed by atoms with Gasteiger partial charge in [-0.15, -0.1) is 0 Å². The summed E-state index contributed by atoms with van der Waals surface area (Å²) >= 11 is 0. The van der Waals surface area contributed by atoms with E-state index in [9.17, 15) is 0 Å². The second-order valence-corrected chi connectivity index (χ2v) is 5.71. The Kier molecular flexibility index (Phi) is 3.61. The summed E-state index contributed by atoms with van der Waals surface area (Å²) < 4.78 is 5.31. The van der Waals surface area contributed by atoms with Crippen molar-refractivity contribution in [3.8, 4) is 0 Å². The smallest absolute Gasteiger partial charge is 0.240 e. The Morgan fingerprint density at radius 1 is 1.28 bits per heavy atom. The summed E-state index contributed by atoms with van der Waals surface area (Å²) in [6, 6.07) is 0. The number of nitrogens with one attached hydrogen (secondary N) is 1. The molecule has 5 heteroatoms. The van der Waals surface area contributed by atoms with Crippen molar-refractivity contribution in [1.29, 1.82) is 0 Å². The molecule has 0 spiro atoms. The van der Waals surface area contributed by atoms with Crippen molar-refractivity contribution < 1.29 is 4.52 Å². The first-order valence-corrected chi connectivity index (χ1v) is 7.03. The second-order valence-electron chi connectivity index (χ2n) is 5.71. The zero-order valence-corrected chi connectivity index (χ0v) is 11.1. The number of aromatic nitrogens is 2. The summed E-state index contributed by atoms with van der Waals surface area (Å²) in [6.45, 7) is 4.22. The lowest BCUT2D eigenvalue weighted by atomic mass is 9.98. The van der Waals surface area contributed by atoms with Gasteiger partial charge in [-0.1, -0.05) is 5.16 Å². The average Bonchev–Trinajstić information content (AvgIpc) is 3.12. The van der Waals surface area contributed by atoms with Crippen molar-refractivity contribution >= 4 is 0 Å². The highest BCUT2D eigenvalue weighted by Crippen LogP contribution is 2.38. The molecule has 2 aliphatic rings. The maximum absolute atomic E-state index is 5.31. The first-order chi connectivity index (χ1) is 8.81. The topological polar surface area (TPSA) is 54.2 Å². The number of rotatable bonds is 5. The van der Waals surface area contributed by atoms with E-state index in [0.29, 0.717) is 5.92 Å². The van der Waals surface area contributed by atoms with Crippen molar-refractivity contribution in [2.24, 2.45) is 5.92 Å². The van der Waals surface area contributed by atoms with Crippen LogP contribution in [-0.2, 0) is 6.54 Å². The minimum absolute atomic E-state index is 0.581. The Labute approximate surface area is 108 Å². The van der Waals surface area contributed by atoms with E-state index in [-0.39, 0.29) is 0 Å². The Bertz CT molecular complexity index is 382. The predicted octanol–water partition coefficient (Wildman–Crippen LogP) is 1.38. The molecule has 1 saturated heterocycles. The molecule has 0 atom stereocenters. The summed E-state index contributed by atoms with van der Waals surface area (Å²) in [5, 5.41) is 7.46. The van der Waals surface area contributed by atoms with Gasteiger partial charge in [0.25, 0.3) is 0 Å². The average molecular weight is 250 g/mol. The zero-order chi connectivity index (χ0) is 12.4. The molecule has 1 aromatic heterocycles. The Hall–Kier alpha value is -0.940. The molecule has 1 saturated carbocycles. The molecule has 1 aliphatic carbocycles. The van der Waals surface area contributed by atoms with Gasteiger partial charge in [0, 0.05) is 12.5 Å². The molecule has 2 heterocycles. The van der Waals surface area contributed by atoms with Crippen LogP contribution >= 0.6 is 0 Å². The lowest BCUT2D eigenvalue weighted by Crippen LogP contribution is -2.34. The highest BCUT2D eigenvalue weighted by Gasteiger charge is 2.29. The van der Waals surface area contributed by atoms with Crippen molar-refractivity contribution in [3.63, 3.8) is 0 Å². The Balaban J connectivity index is 1.48. The minimum atomic E-state index is 0.581. The maximum atomic E-state index is 5.31. The molecule has 100 valence electrons. The third-order valence-electron chi connectivity index (χ3n) is 3.86. The summed E-state index contributed by atoms with van der Waals surface area (Å²) in [5.74, 6) is 3.08. The van der Waals surface area contributed by atoms with E-state index in [1.165, 1.54) is 25.7 Å². The molecule has 18 heavy (non-hydrogen) atoms. The van der Waals surface area contributed by atoms with E-state index in [1.807, 2.05) is 0 Å². The van der Waals surface area contributed by atoms with Gasteiger partial charge in [-0.3, -0.25) is 4.90 Å². The van der Waals surface area contributed by atoms with E-state index in [0.717, 1.165) is 43.8 Å². The lowest BCUT2D eigenvalue weighted by molar-refractivity contribution is 0.210. The molecule has 0 unspecified atom stereocenters. The standard InChI is InChI=1S/C13H22N4O/c1-17(8-10-4-6-14-7-5-10)9-12-15-13(16-18-12)11-2-3-11/h10-11,14H,2-9H2,1H3. The van der Waals surface area contributed by atoms with E-state index in [2.05, 4.69) is 27.4 Å². The maximum Gasteiger partial charge on any atom is 0.240 e. The van der Waals surface area contributed by atoms with Crippen LogP contribution in [-0.4, -0.2) is 41.7 Å². The molecular weight excluding hydrogens is 228 g/mol. The fourth-order valence-electron chi connectivity index (χ4n) is 2.64.